The molecule has 1 radical (unpaired) electrons. The zero-order valence-electron chi connectivity index (χ0n) is 23.4. The summed E-state index contributed by atoms with van der Waals surface area (Å²) in [7, 11) is -1.73. The number of nitrogens with zero attached hydrogens (tertiary/aromatic N) is 2. The van der Waals surface area contributed by atoms with Gasteiger partial charge in [-0.05, 0) is 57.5 Å². The number of rotatable bonds is 3. The van der Waals surface area contributed by atoms with Gasteiger partial charge in [-0.2, -0.15) is 0 Å². The molecule has 0 fully saturated rings. The van der Waals surface area contributed by atoms with Gasteiger partial charge in [-0.15, -0.1) is 71.3 Å². The Morgan fingerprint density at radius 2 is 1.32 bits per heavy atom. The van der Waals surface area contributed by atoms with Crippen molar-refractivity contribution in [2.45, 2.75) is 20.0 Å². The van der Waals surface area contributed by atoms with Crippen LogP contribution >= 0.6 is 0 Å². The van der Waals surface area contributed by atoms with Gasteiger partial charge in [0.05, 0.1) is 0 Å². The molecule has 7 rings (SSSR count). The molecule has 2 nitrogen and oxygen atoms in total. The van der Waals surface area contributed by atoms with Crippen molar-refractivity contribution in [1.29, 1.82) is 0 Å². The average Bonchev–Trinajstić information content (AvgIpc) is 3.25. The van der Waals surface area contributed by atoms with Crippen LogP contribution in [0.2, 0.25) is 13.1 Å². The largest absolute Gasteiger partial charge is 0.305 e. The van der Waals surface area contributed by atoms with Crippen molar-refractivity contribution in [2.75, 3.05) is 0 Å². The molecule has 0 N–H and O–H groups in total. The van der Waals surface area contributed by atoms with Gasteiger partial charge in [0.25, 0.3) is 0 Å². The first-order valence-electron chi connectivity index (χ1n) is 13.6. The van der Waals surface area contributed by atoms with Crippen molar-refractivity contribution in [3.8, 4) is 44.8 Å². The van der Waals surface area contributed by atoms with Crippen molar-refractivity contribution < 1.29 is 20.1 Å². The molecule has 1 aliphatic rings. The number of hydrogen-bond acceptors (Lipinski definition) is 2. The number of pyridine rings is 2. The van der Waals surface area contributed by atoms with Gasteiger partial charge in [-0.3, -0.25) is 0 Å². The molecule has 0 amide bonds. The van der Waals surface area contributed by atoms with Crippen molar-refractivity contribution in [1.82, 2.24) is 9.97 Å². The molecular formula is C37H30IrN2Si-2. The normalized spacial score (nSPS) is 12.3. The minimum Gasteiger partial charge on any atom is -0.305 e. The molecule has 0 unspecified atom stereocenters. The standard InChI is InChI=1S/C25H20NSi.C12H10N.Ir/c1-27(2)24-15-4-3-11-21(24)22-13-8-12-20(25(22)27)18-9-7-10-19(17-18)23-14-5-6-16-26-23;1-10-6-5-9-12(13-10)11-7-3-2-4-8-11;/h3-9,11-17H,1-2H3;2-7,9H,1H3;/q2*-1;. The van der Waals surface area contributed by atoms with Gasteiger partial charge >= 0.3 is 0 Å². The Morgan fingerprint density at radius 3 is 2.10 bits per heavy atom. The van der Waals surface area contributed by atoms with Crippen LogP contribution in [0.15, 0.2) is 128 Å². The van der Waals surface area contributed by atoms with E-state index in [1.54, 1.807) is 10.4 Å². The van der Waals surface area contributed by atoms with Crippen LogP contribution < -0.4 is 10.4 Å². The molecule has 0 saturated carbocycles. The van der Waals surface area contributed by atoms with Gasteiger partial charge in [-0.1, -0.05) is 79.8 Å². The van der Waals surface area contributed by atoms with Crippen LogP contribution in [0.3, 0.4) is 0 Å². The fourth-order valence-corrected chi connectivity index (χ4v) is 9.10. The van der Waals surface area contributed by atoms with Crippen LogP contribution in [0.1, 0.15) is 5.69 Å². The Kier molecular flexibility index (Phi) is 8.56. The molecule has 4 heteroatoms. The van der Waals surface area contributed by atoms with Gasteiger partial charge in [0.1, 0.15) is 8.07 Å². The Labute approximate surface area is 257 Å². The van der Waals surface area contributed by atoms with E-state index in [2.05, 4.69) is 89.8 Å². The van der Waals surface area contributed by atoms with Crippen LogP contribution in [0.4, 0.5) is 0 Å². The summed E-state index contributed by atoms with van der Waals surface area (Å²) in [5, 5.41) is 3.09. The second kappa shape index (κ2) is 12.3. The zero-order chi connectivity index (χ0) is 27.5. The number of hydrogen-bond donors (Lipinski definition) is 0. The topological polar surface area (TPSA) is 25.8 Å². The van der Waals surface area contributed by atoms with E-state index in [1.165, 1.54) is 22.3 Å². The molecule has 0 spiro atoms. The summed E-state index contributed by atoms with van der Waals surface area (Å²) in [6, 6.07) is 48.5. The first-order chi connectivity index (χ1) is 19.5. The fourth-order valence-electron chi connectivity index (χ4n) is 5.64. The minimum absolute atomic E-state index is 0. The molecule has 41 heavy (non-hydrogen) atoms. The number of aromatic nitrogens is 2. The Bertz CT molecular complexity index is 1780. The van der Waals surface area contributed by atoms with Crippen LogP contribution in [0.5, 0.6) is 0 Å². The van der Waals surface area contributed by atoms with Crippen LogP contribution in [0.25, 0.3) is 44.8 Å². The Balaban J connectivity index is 0.000000204. The van der Waals surface area contributed by atoms with E-state index in [-0.39, 0.29) is 20.1 Å². The molecule has 3 heterocycles. The minimum atomic E-state index is -1.73. The molecule has 0 aliphatic carbocycles. The molecule has 203 valence electrons. The Morgan fingerprint density at radius 1 is 0.610 bits per heavy atom. The molecule has 2 aromatic heterocycles. The van der Waals surface area contributed by atoms with Crippen molar-refractivity contribution in [2.24, 2.45) is 0 Å². The molecule has 0 atom stereocenters. The average molecular weight is 723 g/mol. The maximum Gasteiger partial charge on any atom is 0.114 e. The molecular weight excluding hydrogens is 693 g/mol. The first-order valence-corrected chi connectivity index (χ1v) is 16.6. The smallest absolute Gasteiger partial charge is 0.114 e. The molecule has 4 aromatic carbocycles. The molecule has 0 bridgehead atoms. The summed E-state index contributed by atoms with van der Waals surface area (Å²) >= 11 is 0. The molecule has 1 aliphatic heterocycles. The third kappa shape index (κ3) is 5.78. The summed E-state index contributed by atoms with van der Waals surface area (Å²) < 4.78 is 0. The second-order valence-corrected chi connectivity index (χ2v) is 14.8. The van der Waals surface area contributed by atoms with E-state index in [4.69, 9.17) is 0 Å². The first kappa shape index (κ1) is 28.6. The van der Waals surface area contributed by atoms with Crippen molar-refractivity contribution >= 4 is 18.4 Å². The zero-order valence-corrected chi connectivity index (χ0v) is 26.7. The summed E-state index contributed by atoms with van der Waals surface area (Å²) in [5.74, 6) is 0. The maximum atomic E-state index is 4.49. The summed E-state index contributed by atoms with van der Waals surface area (Å²) in [4.78, 5) is 8.91. The fraction of sp³-hybridized carbons (Fsp3) is 0.0811. The number of benzene rings is 4. The SMILES string of the molecule is C[Si]1(C)c2ccccc2-c2cccc(-c3cc[c-]c(-c4ccccn4)c3)c21.Cc1cccc(-c2[c-]cccc2)n1.[Ir]. The van der Waals surface area contributed by atoms with Crippen LogP contribution in [0, 0.1) is 19.1 Å². The van der Waals surface area contributed by atoms with Crippen molar-refractivity contribution in [3.63, 3.8) is 0 Å². The quantitative estimate of drug-likeness (QED) is 0.137. The molecule has 6 aromatic rings. The van der Waals surface area contributed by atoms with E-state index in [1.807, 2.05) is 79.9 Å². The monoisotopic (exact) mass is 723 g/mol. The van der Waals surface area contributed by atoms with Crippen LogP contribution in [-0.4, -0.2) is 18.0 Å². The van der Waals surface area contributed by atoms with E-state index in [9.17, 15) is 0 Å². The maximum absolute atomic E-state index is 4.49. The van der Waals surface area contributed by atoms with Crippen LogP contribution in [-0.2, 0) is 20.1 Å². The summed E-state index contributed by atoms with van der Waals surface area (Å²) in [6.45, 7) is 6.93. The van der Waals surface area contributed by atoms with Crippen molar-refractivity contribution in [3.05, 3.63) is 145 Å². The van der Waals surface area contributed by atoms with E-state index in [0.717, 1.165) is 28.2 Å². The van der Waals surface area contributed by atoms with Gasteiger partial charge in [-0.25, -0.2) is 0 Å². The van der Waals surface area contributed by atoms with Gasteiger partial charge in [0, 0.05) is 32.0 Å². The second-order valence-electron chi connectivity index (χ2n) is 10.5. The summed E-state index contributed by atoms with van der Waals surface area (Å²) in [5.41, 5.74) is 10.5. The Hall–Kier alpha value is -3.95. The number of aryl methyl sites for hydroxylation is 1. The predicted octanol–water partition coefficient (Wildman–Crippen LogP) is 7.87. The van der Waals surface area contributed by atoms with E-state index < -0.39 is 8.07 Å². The van der Waals surface area contributed by atoms with Gasteiger partial charge < -0.3 is 9.97 Å². The van der Waals surface area contributed by atoms with Gasteiger partial charge in [0.15, 0.2) is 0 Å². The number of fused-ring (bicyclic) bond motifs is 3. The van der Waals surface area contributed by atoms with Gasteiger partial charge in [0.2, 0.25) is 0 Å². The molecule has 0 saturated heterocycles. The predicted molar refractivity (Wildman–Crippen MR) is 169 cm³/mol. The third-order valence-electron chi connectivity index (χ3n) is 7.51. The van der Waals surface area contributed by atoms with E-state index in [0.29, 0.717) is 0 Å². The third-order valence-corrected chi connectivity index (χ3v) is 11.1. The summed E-state index contributed by atoms with van der Waals surface area (Å²) in [6.07, 6.45) is 1.84. The van der Waals surface area contributed by atoms with E-state index >= 15 is 0 Å².